The molecule has 0 fully saturated rings. The first-order chi connectivity index (χ1) is 10.2. The van der Waals surface area contributed by atoms with Gasteiger partial charge in [-0.1, -0.05) is 55.5 Å². The normalized spacial score (nSPS) is 21.6. The number of hydrogen-bond acceptors (Lipinski definition) is 1. The predicted molar refractivity (Wildman–Crippen MR) is 87.4 cm³/mol. The van der Waals surface area contributed by atoms with E-state index in [4.69, 9.17) is 0 Å². The maximum absolute atomic E-state index is 11.3. The lowest BCUT2D eigenvalue weighted by atomic mass is 9.82. The van der Waals surface area contributed by atoms with Gasteiger partial charge in [0.05, 0.1) is 5.60 Å². The van der Waals surface area contributed by atoms with E-state index in [0.717, 1.165) is 31.2 Å². The van der Waals surface area contributed by atoms with Crippen molar-refractivity contribution in [3.8, 4) is 0 Å². The molecule has 0 spiro atoms. The van der Waals surface area contributed by atoms with Gasteiger partial charge in [0, 0.05) is 6.42 Å². The first-order valence-corrected chi connectivity index (χ1v) is 8.10. The van der Waals surface area contributed by atoms with Gasteiger partial charge in [0.1, 0.15) is 0 Å². The van der Waals surface area contributed by atoms with Crippen molar-refractivity contribution >= 4 is 0 Å². The molecule has 1 aliphatic carbocycles. The quantitative estimate of drug-likeness (QED) is 0.826. The van der Waals surface area contributed by atoms with Crippen LogP contribution in [0.25, 0.3) is 0 Å². The summed E-state index contributed by atoms with van der Waals surface area (Å²) in [5.41, 5.74) is 4.34. The van der Waals surface area contributed by atoms with Crippen LogP contribution < -0.4 is 0 Å². The summed E-state index contributed by atoms with van der Waals surface area (Å²) in [7, 11) is 0. The van der Waals surface area contributed by atoms with E-state index in [1.54, 1.807) is 0 Å². The Bertz CT molecular complexity index is 599. The molecule has 21 heavy (non-hydrogen) atoms. The number of aryl methyl sites for hydroxylation is 2. The number of hydrogen-bond donors (Lipinski definition) is 1. The summed E-state index contributed by atoms with van der Waals surface area (Å²) in [6.45, 7) is 2.17. The first-order valence-electron chi connectivity index (χ1n) is 8.10. The van der Waals surface area contributed by atoms with Crippen LogP contribution in [-0.4, -0.2) is 5.11 Å². The molecule has 2 aromatic carbocycles. The highest BCUT2D eigenvalue weighted by atomic mass is 16.3. The predicted octanol–water partition coefficient (Wildman–Crippen LogP) is 4.41. The number of fused-ring (bicyclic) bond motifs is 1. The highest BCUT2D eigenvalue weighted by Gasteiger charge is 2.32. The molecule has 0 saturated heterocycles. The van der Waals surface area contributed by atoms with E-state index >= 15 is 0 Å². The molecular formula is C20H24O. The van der Waals surface area contributed by atoms with Crippen LogP contribution in [0.5, 0.6) is 0 Å². The van der Waals surface area contributed by atoms with Crippen molar-refractivity contribution < 1.29 is 5.11 Å². The Balaban J connectivity index is 1.91. The van der Waals surface area contributed by atoms with E-state index in [1.807, 2.05) is 0 Å². The van der Waals surface area contributed by atoms with Crippen LogP contribution in [0.2, 0.25) is 0 Å². The van der Waals surface area contributed by atoms with Crippen molar-refractivity contribution in [1.82, 2.24) is 0 Å². The lowest BCUT2D eigenvalue weighted by Gasteiger charge is -2.29. The molecule has 0 heterocycles. The van der Waals surface area contributed by atoms with Gasteiger partial charge >= 0.3 is 0 Å². The minimum Gasteiger partial charge on any atom is -0.385 e. The Labute approximate surface area is 127 Å². The molecule has 1 unspecified atom stereocenters. The maximum Gasteiger partial charge on any atom is 0.0939 e. The van der Waals surface area contributed by atoms with Gasteiger partial charge in [-0.15, -0.1) is 0 Å². The molecule has 1 N–H and O–H groups in total. The van der Waals surface area contributed by atoms with Crippen molar-refractivity contribution in [2.75, 3.05) is 0 Å². The van der Waals surface area contributed by atoms with E-state index < -0.39 is 5.60 Å². The minimum absolute atomic E-state index is 0.708. The van der Waals surface area contributed by atoms with Crippen LogP contribution in [0, 0.1) is 0 Å². The molecule has 3 rings (SSSR count). The first kappa shape index (κ1) is 14.3. The average molecular weight is 280 g/mol. The van der Waals surface area contributed by atoms with Gasteiger partial charge in [0.2, 0.25) is 0 Å². The lowest BCUT2D eigenvalue weighted by molar-refractivity contribution is 0.0272. The van der Waals surface area contributed by atoms with E-state index in [9.17, 15) is 5.11 Å². The largest absolute Gasteiger partial charge is 0.385 e. The smallest absolute Gasteiger partial charge is 0.0939 e. The third kappa shape index (κ3) is 3.03. The minimum atomic E-state index is -0.708. The van der Waals surface area contributed by atoms with Crippen molar-refractivity contribution in [2.24, 2.45) is 0 Å². The molecule has 0 radical (unpaired) electrons. The second kappa shape index (κ2) is 6.03. The monoisotopic (exact) mass is 280 g/mol. The Hall–Kier alpha value is -1.60. The molecule has 1 atom stereocenters. The van der Waals surface area contributed by atoms with Crippen LogP contribution >= 0.6 is 0 Å². The maximum atomic E-state index is 11.3. The summed E-state index contributed by atoms with van der Waals surface area (Å²) < 4.78 is 0. The van der Waals surface area contributed by atoms with Gasteiger partial charge in [-0.25, -0.2) is 0 Å². The van der Waals surface area contributed by atoms with Gasteiger partial charge in [0.15, 0.2) is 0 Å². The Kier molecular flexibility index (Phi) is 4.12. The van der Waals surface area contributed by atoms with Crippen molar-refractivity contribution in [3.63, 3.8) is 0 Å². The Morgan fingerprint density at radius 1 is 0.952 bits per heavy atom. The van der Waals surface area contributed by atoms with Gasteiger partial charge < -0.3 is 5.11 Å². The summed E-state index contributed by atoms with van der Waals surface area (Å²) in [6.07, 6.45) is 6.00. The molecule has 0 aromatic heterocycles. The topological polar surface area (TPSA) is 20.2 Å². The SMILES string of the molecule is CCc1ccc(CC2(O)CCCCc3ccccc32)cc1. The molecular weight excluding hydrogens is 256 g/mol. The highest BCUT2D eigenvalue weighted by Crippen LogP contribution is 2.36. The molecule has 1 aliphatic rings. The zero-order valence-corrected chi connectivity index (χ0v) is 12.8. The number of rotatable bonds is 3. The van der Waals surface area contributed by atoms with E-state index in [0.29, 0.717) is 6.42 Å². The molecule has 0 saturated carbocycles. The molecule has 1 nitrogen and oxygen atoms in total. The van der Waals surface area contributed by atoms with E-state index in [2.05, 4.69) is 55.5 Å². The fraction of sp³-hybridized carbons (Fsp3) is 0.400. The lowest BCUT2D eigenvalue weighted by Crippen LogP contribution is -2.28. The van der Waals surface area contributed by atoms with Gasteiger partial charge in [-0.05, 0) is 54.4 Å². The Morgan fingerprint density at radius 2 is 1.67 bits per heavy atom. The second-order valence-electron chi connectivity index (χ2n) is 6.24. The standard InChI is InChI=1S/C20H24O/c1-2-16-10-12-17(13-11-16)15-20(21)14-6-5-8-18-7-3-4-9-19(18)20/h3-4,7,9-13,21H,2,5-6,8,14-15H2,1H3. The third-order valence-electron chi connectivity index (χ3n) is 4.73. The van der Waals surface area contributed by atoms with Gasteiger partial charge in [0.25, 0.3) is 0 Å². The molecule has 110 valence electrons. The van der Waals surface area contributed by atoms with Gasteiger partial charge in [-0.3, -0.25) is 0 Å². The average Bonchev–Trinajstić information content (AvgIpc) is 2.68. The van der Waals surface area contributed by atoms with Crippen LogP contribution in [0.3, 0.4) is 0 Å². The number of aliphatic hydroxyl groups is 1. The third-order valence-corrected chi connectivity index (χ3v) is 4.73. The zero-order chi connectivity index (χ0) is 14.7. The molecule has 0 amide bonds. The number of benzene rings is 2. The highest BCUT2D eigenvalue weighted by molar-refractivity contribution is 5.36. The summed E-state index contributed by atoms with van der Waals surface area (Å²) in [5.74, 6) is 0. The van der Waals surface area contributed by atoms with Crippen LogP contribution in [0.1, 0.15) is 48.4 Å². The van der Waals surface area contributed by atoms with E-state index in [-0.39, 0.29) is 0 Å². The van der Waals surface area contributed by atoms with Gasteiger partial charge in [-0.2, -0.15) is 0 Å². The molecule has 0 bridgehead atoms. The summed E-state index contributed by atoms with van der Waals surface area (Å²) in [6, 6.07) is 17.1. The zero-order valence-electron chi connectivity index (χ0n) is 12.8. The fourth-order valence-corrected chi connectivity index (χ4v) is 3.47. The van der Waals surface area contributed by atoms with E-state index in [1.165, 1.54) is 23.1 Å². The summed E-state index contributed by atoms with van der Waals surface area (Å²) >= 11 is 0. The van der Waals surface area contributed by atoms with Crippen LogP contribution in [0.15, 0.2) is 48.5 Å². The summed E-state index contributed by atoms with van der Waals surface area (Å²) in [5, 5.41) is 11.3. The summed E-state index contributed by atoms with van der Waals surface area (Å²) in [4.78, 5) is 0. The van der Waals surface area contributed by atoms with Crippen molar-refractivity contribution in [2.45, 2.75) is 51.0 Å². The molecule has 1 heteroatoms. The molecule has 2 aromatic rings. The molecule has 0 aliphatic heterocycles. The van der Waals surface area contributed by atoms with Crippen molar-refractivity contribution in [3.05, 3.63) is 70.8 Å². The fourth-order valence-electron chi connectivity index (χ4n) is 3.47. The van der Waals surface area contributed by atoms with Crippen LogP contribution in [0.4, 0.5) is 0 Å². The van der Waals surface area contributed by atoms with Crippen LogP contribution in [-0.2, 0) is 24.9 Å². The van der Waals surface area contributed by atoms with Crippen molar-refractivity contribution in [1.29, 1.82) is 0 Å². The second-order valence-corrected chi connectivity index (χ2v) is 6.24. The Morgan fingerprint density at radius 3 is 2.43 bits per heavy atom.